The van der Waals surface area contributed by atoms with E-state index >= 15 is 0 Å². The molecule has 1 aliphatic rings. The number of amides is 1. The normalized spacial score (nSPS) is 20.1. The number of nitrogens with two attached hydrogens (primary N) is 1. The second-order valence-corrected chi connectivity index (χ2v) is 3.77. The Kier molecular flexibility index (Phi) is 2.80. The zero-order valence-electron chi connectivity index (χ0n) is 9.01. The Hall–Kier alpha value is -1.59. The molecule has 0 bridgehead atoms. The Labute approximate surface area is 93.4 Å². The van der Waals surface area contributed by atoms with Crippen LogP contribution in [0.25, 0.3) is 0 Å². The Morgan fingerprint density at radius 3 is 3.06 bits per heavy atom. The maximum atomic E-state index is 11.7. The lowest BCUT2D eigenvalue weighted by Crippen LogP contribution is -2.43. The van der Waals surface area contributed by atoms with Crippen LogP contribution in [0.1, 0.15) is 5.56 Å². The van der Waals surface area contributed by atoms with Gasteiger partial charge in [-0.25, -0.2) is 0 Å². The molecule has 0 aliphatic carbocycles. The maximum absolute atomic E-state index is 11.7. The van der Waals surface area contributed by atoms with Gasteiger partial charge >= 0.3 is 0 Å². The fourth-order valence-electron chi connectivity index (χ4n) is 1.67. The maximum Gasteiger partial charge on any atom is 0.247 e. The van der Waals surface area contributed by atoms with E-state index in [1.54, 1.807) is 25.2 Å². The Balaban J connectivity index is 2.43. The van der Waals surface area contributed by atoms with Gasteiger partial charge in [-0.15, -0.1) is 0 Å². The highest BCUT2D eigenvalue weighted by atomic mass is 16.5. The summed E-state index contributed by atoms with van der Waals surface area (Å²) < 4.78 is 5.45. The largest absolute Gasteiger partial charge is 0.489 e. The molecule has 5 nitrogen and oxygen atoms in total. The standard InChI is InChI=1S/C11H14N2O3/c1-13-9-3-2-7(5-14)4-10(9)16-6-8(12)11(13)15/h2-4,8,14H,5-6,12H2,1H3/t8-/m0/s1. The number of hydrogen-bond donors (Lipinski definition) is 2. The second kappa shape index (κ2) is 4.11. The summed E-state index contributed by atoms with van der Waals surface area (Å²) >= 11 is 0. The van der Waals surface area contributed by atoms with Crippen LogP contribution in [0.15, 0.2) is 18.2 Å². The number of aliphatic hydroxyl groups is 1. The average molecular weight is 222 g/mol. The topological polar surface area (TPSA) is 75.8 Å². The van der Waals surface area contributed by atoms with Gasteiger partial charge in [0, 0.05) is 7.05 Å². The minimum atomic E-state index is -0.644. The minimum Gasteiger partial charge on any atom is -0.489 e. The van der Waals surface area contributed by atoms with Gasteiger partial charge in [0.1, 0.15) is 18.4 Å². The van der Waals surface area contributed by atoms with Crippen molar-refractivity contribution < 1.29 is 14.6 Å². The van der Waals surface area contributed by atoms with E-state index in [0.29, 0.717) is 11.4 Å². The van der Waals surface area contributed by atoms with Crippen LogP contribution < -0.4 is 15.4 Å². The molecular weight excluding hydrogens is 208 g/mol. The van der Waals surface area contributed by atoms with Crippen molar-refractivity contribution in [1.29, 1.82) is 0 Å². The number of rotatable bonds is 1. The number of carbonyl (C=O) groups excluding carboxylic acids is 1. The molecule has 1 heterocycles. The summed E-state index contributed by atoms with van der Waals surface area (Å²) in [5, 5.41) is 9.02. The number of likely N-dealkylation sites (N-methyl/N-ethyl adjacent to an activating group) is 1. The first-order valence-electron chi connectivity index (χ1n) is 5.03. The van der Waals surface area contributed by atoms with E-state index in [0.717, 1.165) is 5.56 Å². The number of hydrogen-bond acceptors (Lipinski definition) is 4. The molecule has 1 aliphatic heterocycles. The van der Waals surface area contributed by atoms with Crippen molar-refractivity contribution in [3.05, 3.63) is 23.8 Å². The third-order valence-electron chi connectivity index (χ3n) is 2.63. The summed E-state index contributed by atoms with van der Waals surface area (Å²) in [6.07, 6.45) is 0. The molecule has 86 valence electrons. The number of carbonyl (C=O) groups is 1. The molecule has 5 heteroatoms. The number of anilines is 1. The molecule has 0 saturated carbocycles. The average Bonchev–Trinajstić information content (AvgIpc) is 2.42. The van der Waals surface area contributed by atoms with E-state index in [-0.39, 0.29) is 19.1 Å². The Morgan fingerprint density at radius 2 is 2.38 bits per heavy atom. The van der Waals surface area contributed by atoms with Crippen molar-refractivity contribution in [3.63, 3.8) is 0 Å². The van der Waals surface area contributed by atoms with Gasteiger partial charge in [-0.3, -0.25) is 4.79 Å². The molecule has 3 N–H and O–H groups in total. The molecule has 1 atom stereocenters. The predicted octanol–water partition coefficient (Wildman–Crippen LogP) is -0.139. The summed E-state index contributed by atoms with van der Waals surface area (Å²) in [6.45, 7) is 0.103. The van der Waals surface area contributed by atoms with Crippen molar-refractivity contribution in [1.82, 2.24) is 0 Å². The van der Waals surface area contributed by atoms with Crippen molar-refractivity contribution >= 4 is 11.6 Å². The summed E-state index contributed by atoms with van der Waals surface area (Å²) in [5.74, 6) is 0.408. The van der Waals surface area contributed by atoms with Crippen molar-refractivity contribution in [2.45, 2.75) is 12.6 Å². The SMILES string of the molecule is CN1C(=O)[C@@H](N)COc2cc(CO)ccc21. The Morgan fingerprint density at radius 1 is 1.62 bits per heavy atom. The second-order valence-electron chi connectivity index (χ2n) is 3.77. The molecule has 2 rings (SSSR count). The number of ether oxygens (including phenoxy) is 1. The quantitative estimate of drug-likeness (QED) is 0.693. The van der Waals surface area contributed by atoms with Gasteiger partial charge in [0.25, 0.3) is 0 Å². The fourth-order valence-corrected chi connectivity index (χ4v) is 1.67. The minimum absolute atomic E-state index is 0.0552. The van der Waals surface area contributed by atoms with Crippen LogP contribution in [-0.4, -0.2) is 30.7 Å². The zero-order valence-corrected chi connectivity index (χ0v) is 9.01. The molecule has 1 amide bonds. The summed E-state index contributed by atoms with van der Waals surface area (Å²) in [4.78, 5) is 13.2. The highest BCUT2D eigenvalue weighted by Crippen LogP contribution is 2.31. The van der Waals surface area contributed by atoms with E-state index in [4.69, 9.17) is 15.6 Å². The van der Waals surface area contributed by atoms with Gasteiger partial charge < -0.3 is 20.5 Å². The molecule has 1 aromatic carbocycles. The molecule has 0 saturated heterocycles. The van der Waals surface area contributed by atoms with E-state index < -0.39 is 6.04 Å². The van der Waals surface area contributed by atoms with Gasteiger partial charge in [-0.05, 0) is 17.7 Å². The first kappa shape index (κ1) is 10.9. The third kappa shape index (κ3) is 1.75. The number of fused-ring (bicyclic) bond motifs is 1. The fraction of sp³-hybridized carbons (Fsp3) is 0.364. The van der Waals surface area contributed by atoms with Crippen LogP contribution in [0.5, 0.6) is 5.75 Å². The van der Waals surface area contributed by atoms with Crippen LogP contribution in [0, 0.1) is 0 Å². The molecule has 0 aromatic heterocycles. The number of aliphatic hydroxyl groups excluding tert-OH is 1. The highest BCUT2D eigenvalue weighted by Gasteiger charge is 2.26. The Bertz CT molecular complexity index is 420. The van der Waals surface area contributed by atoms with Crippen LogP contribution in [0.3, 0.4) is 0 Å². The smallest absolute Gasteiger partial charge is 0.247 e. The summed E-state index contributed by atoms with van der Waals surface area (Å²) in [6, 6.07) is 4.58. The molecule has 1 aromatic rings. The van der Waals surface area contributed by atoms with Gasteiger partial charge in [0.2, 0.25) is 5.91 Å². The molecule has 0 unspecified atom stereocenters. The van der Waals surface area contributed by atoms with Crippen LogP contribution >= 0.6 is 0 Å². The molecule has 0 fully saturated rings. The lowest BCUT2D eigenvalue weighted by molar-refractivity contribution is -0.119. The summed E-state index contributed by atoms with van der Waals surface area (Å²) in [5.41, 5.74) is 7.07. The van der Waals surface area contributed by atoms with Crippen LogP contribution in [0.2, 0.25) is 0 Å². The van der Waals surface area contributed by atoms with E-state index in [1.807, 2.05) is 0 Å². The van der Waals surface area contributed by atoms with Gasteiger partial charge in [0.05, 0.1) is 12.3 Å². The van der Waals surface area contributed by atoms with E-state index in [1.165, 1.54) is 4.90 Å². The number of nitrogens with zero attached hydrogens (tertiary/aromatic N) is 1. The van der Waals surface area contributed by atoms with Crippen molar-refractivity contribution in [3.8, 4) is 5.75 Å². The monoisotopic (exact) mass is 222 g/mol. The third-order valence-corrected chi connectivity index (χ3v) is 2.63. The zero-order chi connectivity index (χ0) is 11.7. The van der Waals surface area contributed by atoms with Crippen LogP contribution in [0.4, 0.5) is 5.69 Å². The molecule has 0 spiro atoms. The van der Waals surface area contributed by atoms with E-state index in [2.05, 4.69) is 0 Å². The first-order valence-corrected chi connectivity index (χ1v) is 5.03. The lowest BCUT2D eigenvalue weighted by Gasteiger charge is -2.17. The predicted molar refractivity (Wildman–Crippen MR) is 59.2 cm³/mol. The molecule has 0 radical (unpaired) electrons. The van der Waals surface area contributed by atoms with Crippen LogP contribution in [-0.2, 0) is 11.4 Å². The van der Waals surface area contributed by atoms with E-state index in [9.17, 15) is 4.79 Å². The molecular formula is C11H14N2O3. The summed E-state index contributed by atoms with van der Waals surface area (Å²) in [7, 11) is 1.66. The van der Waals surface area contributed by atoms with Crippen molar-refractivity contribution in [2.75, 3.05) is 18.6 Å². The van der Waals surface area contributed by atoms with Crippen molar-refractivity contribution in [2.24, 2.45) is 5.73 Å². The molecule has 16 heavy (non-hydrogen) atoms. The van der Waals surface area contributed by atoms with Gasteiger partial charge in [-0.1, -0.05) is 6.07 Å². The van der Waals surface area contributed by atoms with Gasteiger partial charge in [0.15, 0.2) is 0 Å². The highest BCUT2D eigenvalue weighted by molar-refractivity contribution is 5.98. The first-order chi connectivity index (χ1) is 7.63. The van der Waals surface area contributed by atoms with Gasteiger partial charge in [-0.2, -0.15) is 0 Å². The lowest BCUT2D eigenvalue weighted by atomic mass is 10.2. The number of benzene rings is 1.